The minimum Gasteiger partial charge on any atom is -0.370 e. The number of benzene rings is 18. The van der Waals surface area contributed by atoms with Gasteiger partial charge in [0.2, 0.25) is 11.0 Å². The van der Waals surface area contributed by atoms with Crippen molar-refractivity contribution in [2.24, 2.45) is 0 Å². The summed E-state index contributed by atoms with van der Waals surface area (Å²) < 4.78 is 2.39. The van der Waals surface area contributed by atoms with Crippen molar-refractivity contribution >= 4 is 150 Å². The summed E-state index contributed by atoms with van der Waals surface area (Å²) >= 11 is 0. The van der Waals surface area contributed by atoms with E-state index in [2.05, 4.69) is 453 Å². The fourth-order valence-electron chi connectivity index (χ4n) is 16.8. The highest BCUT2D eigenvalue weighted by Gasteiger charge is 2.29. The van der Waals surface area contributed by atoms with E-state index in [0.717, 1.165) is 39.8 Å². The molecule has 0 unspecified atom stereocenters. The summed E-state index contributed by atoms with van der Waals surface area (Å²) in [6.45, 7) is 21.7. The number of anilines is 6. The summed E-state index contributed by atoms with van der Waals surface area (Å²) in [4.78, 5) is 39.0. The molecule has 0 spiro atoms. The Bertz CT molecular complexity index is 7670. The topological polar surface area (TPSA) is 173 Å². The van der Waals surface area contributed by atoms with Crippen LogP contribution in [0.4, 0.5) is 51.6 Å². The van der Waals surface area contributed by atoms with E-state index in [0.29, 0.717) is 0 Å². The van der Waals surface area contributed by atoms with E-state index < -0.39 is 0 Å². The summed E-state index contributed by atoms with van der Waals surface area (Å²) in [6.07, 6.45) is 0. The van der Waals surface area contributed by atoms with E-state index in [1.807, 2.05) is 0 Å². The van der Waals surface area contributed by atoms with Crippen molar-refractivity contribution in [2.75, 3.05) is 9.80 Å². The standard InChI is InChI=1S/C50H33N.C44H32N2.C18N12/c1-2-12-46(13-3-1)51-49-28-26-44(38-18-14-36(15-19-38)42-24-22-34-8-4-6-10-40(34)30-42)32-47(49)48-33-45(27-29-50(48)51)39-20-16-37(17-21-39)43-25-23-35-9-5-7-11-41(35)31-43;1-3-17-37(18-4-1)45(43-23-11-15-35-13-7-9-21-41(35)43)39-29-25-33(26-30-39)34-27-31-40(32-28-34)46(38-19-5-2-6-20-38)44-24-12-16-36-14-8-10-22-42(36)44;1-22-16-9(6-21)27-12-10-11(26-8(5-20)7(4-19)25-10)14-15(13(12)28-16)30-18(24-3)17(23-2)29-14/h1-33H;1-32H;. The maximum absolute atomic E-state index is 9.30. The molecule has 588 valence electrons. The van der Waals surface area contributed by atoms with Crippen molar-refractivity contribution in [2.45, 2.75) is 0 Å². The number of hydrogen-bond donors (Lipinski definition) is 0. The molecule has 15 heteroatoms. The highest BCUT2D eigenvalue weighted by atomic mass is 15.2. The molecule has 0 aliphatic heterocycles. The fourth-order valence-corrected chi connectivity index (χ4v) is 16.8. The molecule has 22 rings (SSSR count). The molecule has 0 radical (unpaired) electrons. The smallest absolute Gasteiger partial charge is 0.307 e. The molecule has 0 saturated carbocycles. The molecule has 4 aromatic heterocycles. The first-order valence-electron chi connectivity index (χ1n) is 41.0. The maximum Gasteiger partial charge on any atom is 0.307 e. The third-order valence-corrected chi connectivity index (χ3v) is 23.0. The minimum absolute atomic E-state index is 0.000622. The Hall–Kier alpha value is -18.6. The van der Waals surface area contributed by atoms with Gasteiger partial charge in [0, 0.05) is 50.0 Å². The van der Waals surface area contributed by atoms with Gasteiger partial charge in [0.25, 0.3) is 17.2 Å². The van der Waals surface area contributed by atoms with E-state index in [-0.39, 0.29) is 67.6 Å². The predicted molar refractivity (Wildman–Crippen MR) is 512 cm³/mol. The van der Waals surface area contributed by atoms with E-state index in [9.17, 15) is 15.8 Å². The van der Waals surface area contributed by atoms with Crippen molar-refractivity contribution in [3.05, 3.63) is 446 Å². The van der Waals surface area contributed by atoms with Crippen LogP contribution in [0.3, 0.4) is 0 Å². The van der Waals surface area contributed by atoms with Crippen LogP contribution in [0.5, 0.6) is 0 Å². The Morgan fingerprint density at radius 3 is 0.898 bits per heavy atom. The summed E-state index contributed by atoms with van der Waals surface area (Å²) in [5, 5.41) is 40.4. The molecule has 15 nitrogen and oxygen atoms in total. The molecule has 0 atom stereocenters. The summed E-state index contributed by atoms with van der Waals surface area (Å²) in [5.74, 6) is -0.890. The first kappa shape index (κ1) is 77.0. The van der Waals surface area contributed by atoms with Gasteiger partial charge in [-0.1, -0.05) is 305 Å². The van der Waals surface area contributed by atoms with Crippen LogP contribution in [0, 0.1) is 53.7 Å². The third kappa shape index (κ3) is 14.6. The second kappa shape index (κ2) is 33.5. The van der Waals surface area contributed by atoms with Crippen molar-refractivity contribution in [3.63, 3.8) is 0 Å². The average Bonchev–Trinajstić information content (AvgIpc) is 1.68. The molecule has 0 bridgehead atoms. The quantitative estimate of drug-likeness (QED) is 0.0841. The van der Waals surface area contributed by atoms with Crippen LogP contribution in [0.15, 0.2) is 394 Å². The van der Waals surface area contributed by atoms with Crippen LogP contribution in [0.2, 0.25) is 0 Å². The molecule has 4 heterocycles. The minimum atomic E-state index is -0.298. The third-order valence-electron chi connectivity index (χ3n) is 23.0. The highest BCUT2D eigenvalue weighted by molar-refractivity contribution is 6.19. The number of fused-ring (bicyclic) bond motifs is 13. The maximum atomic E-state index is 9.30. The zero-order chi connectivity index (χ0) is 85.9. The van der Waals surface area contributed by atoms with Crippen molar-refractivity contribution < 1.29 is 0 Å². The van der Waals surface area contributed by atoms with Gasteiger partial charge in [0.15, 0.2) is 17.1 Å². The summed E-state index contributed by atoms with van der Waals surface area (Å²) in [5.41, 5.74) is 21.7. The number of rotatable bonds is 12. The largest absolute Gasteiger partial charge is 0.370 e. The number of nitriles is 3. The lowest BCUT2D eigenvalue weighted by molar-refractivity contribution is 1.18. The molecule has 0 amide bonds. The van der Waals surface area contributed by atoms with Gasteiger partial charge < -0.3 is 28.9 Å². The lowest BCUT2D eigenvalue weighted by Gasteiger charge is -2.27. The van der Waals surface area contributed by atoms with Crippen molar-refractivity contribution in [3.8, 4) is 79.5 Å². The second-order valence-corrected chi connectivity index (χ2v) is 30.3. The van der Waals surface area contributed by atoms with Crippen LogP contribution < -0.4 is 9.80 Å². The molecular weight excluding hydrogens is 1560 g/mol. The highest BCUT2D eigenvalue weighted by Crippen LogP contribution is 2.45. The predicted octanol–water partition coefficient (Wildman–Crippen LogP) is 29.1. The SMILES string of the molecule is [C-]#[N+]c1nc2c(nc1C#N)c1nc(C#N)c(C#N)nc1c1nc([N+]#[C-])c([N+]#[C-])nc21.c1ccc(-n2c3ccc(-c4ccc(-c5ccc6ccccc6c5)cc4)cc3c3cc(-c4ccc(-c5ccc6ccccc6c5)cc4)ccc32)cc1.c1ccc(N(c2ccc(-c3ccc(N(c4ccccc4)c4cccc5ccccc45)cc3)cc2)c2cccc3ccccc23)cc1. The van der Waals surface area contributed by atoms with Crippen LogP contribution in [-0.4, -0.2) is 34.5 Å². The first-order chi connectivity index (χ1) is 62.7. The van der Waals surface area contributed by atoms with Crippen LogP contribution in [-0.2, 0) is 0 Å². The van der Waals surface area contributed by atoms with E-state index in [1.165, 1.54) is 121 Å². The molecule has 0 saturated heterocycles. The summed E-state index contributed by atoms with van der Waals surface area (Å²) in [6, 6.07) is 148. The van der Waals surface area contributed by atoms with Crippen LogP contribution in [0.1, 0.15) is 17.1 Å². The fraction of sp³-hybridized carbons (Fsp3) is 0. The van der Waals surface area contributed by atoms with Crippen LogP contribution >= 0.6 is 0 Å². The Balaban J connectivity index is 0.000000124. The van der Waals surface area contributed by atoms with Gasteiger partial charge >= 0.3 is 5.82 Å². The monoisotopic (exact) mass is 1620 g/mol. The normalized spacial score (nSPS) is 10.9. The van der Waals surface area contributed by atoms with Gasteiger partial charge in [-0.05, 0) is 197 Å². The lowest BCUT2D eigenvalue weighted by atomic mass is 9.96. The van der Waals surface area contributed by atoms with Gasteiger partial charge in [-0.25, -0.2) is 15.0 Å². The molecule has 127 heavy (non-hydrogen) atoms. The number of nitrogens with zero attached hydrogens (tertiary/aromatic N) is 15. The summed E-state index contributed by atoms with van der Waals surface area (Å²) in [7, 11) is 0. The first-order valence-corrected chi connectivity index (χ1v) is 41.0. The Morgan fingerprint density at radius 2 is 0.512 bits per heavy atom. The van der Waals surface area contributed by atoms with Crippen molar-refractivity contribution in [1.29, 1.82) is 15.8 Å². The second-order valence-electron chi connectivity index (χ2n) is 30.3. The lowest BCUT2D eigenvalue weighted by Crippen LogP contribution is -2.10. The number of hydrogen-bond acceptors (Lipinski definition) is 11. The van der Waals surface area contributed by atoms with Crippen LogP contribution in [0.25, 0.3) is 174 Å². The Kier molecular flexibility index (Phi) is 20.3. The molecule has 0 aliphatic rings. The molecular formula is C112H65N15. The molecule has 0 N–H and O–H groups in total. The zero-order valence-corrected chi connectivity index (χ0v) is 67.7. The average molecular weight is 1620 g/mol. The van der Waals surface area contributed by atoms with E-state index in [4.69, 9.17) is 19.7 Å². The van der Waals surface area contributed by atoms with Gasteiger partial charge in [-0.2, -0.15) is 15.8 Å². The van der Waals surface area contributed by atoms with Gasteiger partial charge in [-0.15, -0.1) is 15.0 Å². The Morgan fingerprint density at radius 1 is 0.228 bits per heavy atom. The van der Waals surface area contributed by atoms with Crippen molar-refractivity contribution in [1.82, 2.24) is 34.5 Å². The van der Waals surface area contributed by atoms with Gasteiger partial charge in [-0.3, -0.25) is 0 Å². The molecule has 18 aromatic carbocycles. The molecule has 22 aromatic rings. The molecule has 0 aliphatic carbocycles. The van der Waals surface area contributed by atoms with Gasteiger partial charge in [0.05, 0.1) is 22.4 Å². The van der Waals surface area contributed by atoms with Gasteiger partial charge in [0.1, 0.15) is 34.8 Å². The van der Waals surface area contributed by atoms with E-state index in [1.54, 1.807) is 18.2 Å². The zero-order valence-electron chi connectivity index (χ0n) is 67.7. The Labute approximate surface area is 730 Å². The number of para-hydroxylation sites is 3. The van der Waals surface area contributed by atoms with E-state index >= 15 is 0 Å². The number of aromatic nitrogens is 7. The molecule has 0 fully saturated rings.